The number of fused-ring (bicyclic) bond motifs is 3. The molecule has 4 aromatic carbocycles. The lowest BCUT2D eigenvalue weighted by atomic mass is 9.55. The van der Waals surface area contributed by atoms with Crippen molar-refractivity contribution in [2.45, 2.75) is 121 Å². The number of non-ortho nitro benzene ring substituents is 1. The fourth-order valence-corrected chi connectivity index (χ4v) is 11.9. The third-order valence-electron chi connectivity index (χ3n) is 15.4. The molecule has 74 heavy (non-hydrogen) atoms. The number of unbranched alkanes of at least 4 members (excludes halogenated alkanes) is 2. The van der Waals surface area contributed by atoms with Gasteiger partial charge in [-0.2, -0.15) is 0 Å². The number of aliphatic hydroxyl groups is 2. The minimum absolute atomic E-state index is 0.0168. The minimum atomic E-state index is -1.53. The molecular weight excluding hydrogens is 945 g/mol. The number of allylic oxidation sites excluding steroid dienone is 1. The molecule has 392 valence electrons. The molecule has 6 unspecified atom stereocenters. The summed E-state index contributed by atoms with van der Waals surface area (Å²) in [5, 5.41) is 39.5. The molecule has 6 atom stereocenters. The molecule has 16 heteroatoms. The molecule has 3 aliphatic carbocycles. The maximum atomic E-state index is 15.4. The van der Waals surface area contributed by atoms with E-state index < -0.39 is 28.8 Å². The lowest BCUT2D eigenvalue weighted by Crippen LogP contribution is -2.70. The molecule has 0 aromatic heterocycles. The Morgan fingerprint density at radius 1 is 0.878 bits per heavy atom. The summed E-state index contributed by atoms with van der Waals surface area (Å²) in [6, 6.07) is 26.1. The van der Waals surface area contributed by atoms with Crippen LogP contribution in [0.3, 0.4) is 0 Å². The second-order valence-electron chi connectivity index (χ2n) is 20.1. The molecule has 16 nitrogen and oxygen atoms in total. The summed E-state index contributed by atoms with van der Waals surface area (Å²) in [6.07, 6.45) is 13.2. The first-order valence-electron chi connectivity index (χ1n) is 26.3. The Balaban J connectivity index is 1.19. The summed E-state index contributed by atoms with van der Waals surface area (Å²) in [5.74, 6) is -0.205. The highest BCUT2D eigenvalue weighted by Gasteiger charge is 2.65. The molecular formula is C58H68N4O12. The first kappa shape index (κ1) is 52.1. The van der Waals surface area contributed by atoms with Crippen LogP contribution >= 0.6 is 0 Å². The number of amides is 2. The second kappa shape index (κ2) is 24.5. The summed E-state index contributed by atoms with van der Waals surface area (Å²) in [7, 11) is 0. The predicted octanol–water partition coefficient (Wildman–Crippen LogP) is 10.4. The lowest BCUT2D eigenvalue weighted by Gasteiger charge is -2.60. The number of oxime groups is 1. The molecule has 2 amide bonds. The first-order chi connectivity index (χ1) is 36.2. The Kier molecular flexibility index (Phi) is 17.3. The van der Waals surface area contributed by atoms with Crippen molar-refractivity contribution >= 4 is 23.4 Å². The highest BCUT2D eigenvalue weighted by Crippen LogP contribution is 2.62. The van der Waals surface area contributed by atoms with Crippen LogP contribution in [-0.2, 0) is 34.1 Å². The van der Waals surface area contributed by atoms with Crippen molar-refractivity contribution in [2.24, 2.45) is 28.8 Å². The van der Waals surface area contributed by atoms with Crippen molar-refractivity contribution in [2.75, 3.05) is 26.6 Å². The van der Waals surface area contributed by atoms with Gasteiger partial charge < -0.3 is 49.0 Å². The van der Waals surface area contributed by atoms with Crippen LogP contribution in [0.25, 0.3) is 0 Å². The van der Waals surface area contributed by atoms with Gasteiger partial charge in [0.15, 0.2) is 11.5 Å². The number of benzene rings is 4. The summed E-state index contributed by atoms with van der Waals surface area (Å²) < 4.78 is 32.3. The average Bonchev–Trinajstić information content (AvgIpc) is 4.15. The van der Waals surface area contributed by atoms with Crippen molar-refractivity contribution in [3.8, 4) is 23.0 Å². The normalized spacial score (nSPS) is 23.0. The van der Waals surface area contributed by atoms with Crippen molar-refractivity contribution < 1.29 is 53.2 Å². The van der Waals surface area contributed by atoms with E-state index in [0.717, 1.165) is 73.6 Å². The molecule has 2 aliphatic heterocycles. The van der Waals surface area contributed by atoms with Gasteiger partial charge >= 0.3 is 6.09 Å². The molecule has 4 aromatic rings. The third kappa shape index (κ3) is 11.9. The fourth-order valence-electron chi connectivity index (χ4n) is 11.9. The van der Waals surface area contributed by atoms with Gasteiger partial charge in [0, 0.05) is 62.8 Å². The van der Waals surface area contributed by atoms with Gasteiger partial charge in [-0.3, -0.25) is 14.9 Å². The quantitative estimate of drug-likeness (QED) is 0.0260. The number of nitro benzene ring substituents is 1. The van der Waals surface area contributed by atoms with Gasteiger partial charge in [-0.1, -0.05) is 92.2 Å². The number of nitrogens with one attached hydrogen (secondary N) is 1. The summed E-state index contributed by atoms with van der Waals surface area (Å²) in [5.41, 5.74) is 4.63. The Morgan fingerprint density at radius 2 is 1.62 bits per heavy atom. The third-order valence-corrected chi connectivity index (χ3v) is 15.4. The largest absolute Gasteiger partial charge is 0.459 e. The standard InChI is InChI=1S/C58H68N4O12/c1-2-30-71-58-53(61(54(65)27-21-39-12-6-7-13-39)36-42-20-25-51-52(31-42)70-38-69-51)34-49(60-72-37-41-18-22-44(23-19-41)62(67)68)47-32-43(16-8-10-28-63)46(17-9-11-29-64)55(56(47)58)48-33-45(24-26-50(48)74-58)73-57(66)59-35-40-14-4-3-5-15-40/h2-5,14-15,18-20,22-26,31-33,39,43,46,53,55-56,63-64H,1,6-13,16-17,21,27-30,34-38H2,(H,59,66). The zero-order valence-electron chi connectivity index (χ0n) is 41.9. The number of ether oxygens (including phenoxy) is 5. The Hall–Kier alpha value is -6.75. The van der Waals surface area contributed by atoms with Crippen LogP contribution in [-0.4, -0.2) is 76.2 Å². The van der Waals surface area contributed by atoms with E-state index in [1.165, 1.54) is 12.1 Å². The fraction of sp³-hybridized carbons (Fsp3) is 0.466. The highest BCUT2D eigenvalue weighted by molar-refractivity contribution is 6.03. The number of nitro groups is 1. The van der Waals surface area contributed by atoms with Gasteiger partial charge in [-0.25, -0.2) is 4.79 Å². The maximum absolute atomic E-state index is 15.4. The van der Waals surface area contributed by atoms with Gasteiger partial charge in [-0.15, -0.1) is 6.58 Å². The Bertz CT molecular complexity index is 2650. The van der Waals surface area contributed by atoms with Crippen molar-refractivity contribution in [3.63, 3.8) is 0 Å². The van der Waals surface area contributed by atoms with Crippen LogP contribution in [0.5, 0.6) is 23.0 Å². The number of nitrogens with zero attached hydrogens (tertiary/aromatic N) is 3. The number of carbonyl (C=O) groups excluding carboxylic acids is 2. The smallest absolute Gasteiger partial charge is 0.412 e. The maximum Gasteiger partial charge on any atom is 0.412 e. The second-order valence-corrected chi connectivity index (χ2v) is 20.1. The minimum Gasteiger partial charge on any atom is -0.459 e. The molecule has 5 aliphatic rings. The van der Waals surface area contributed by atoms with Gasteiger partial charge in [0.1, 0.15) is 24.1 Å². The number of hydrogen-bond donors (Lipinski definition) is 3. The monoisotopic (exact) mass is 1010 g/mol. The molecule has 2 heterocycles. The van der Waals surface area contributed by atoms with Gasteiger partial charge in [0.2, 0.25) is 18.5 Å². The molecule has 0 spiro atoms. The summed E-state index contributed by atoms with van der Waals surface area (Å²) >= 11 is 0. The molecule has 0 bridgehead atoms. The zero-order valence-corrected chi connectivity index (χ0v) is 41.9. The Labute approximate surface area is 432 Å². The van der Waals surface area contributed by atoms with Crippen molar-refractivity contribution in [1.29, 1.82) is 0 Å². The van der Waals surface area contributed by atoms with Gasteiger partial charge in [-0.05, 0) is 115 Å². The molecule has 9 rings (SSSR count). The molecule has 2 fully saturated rings. The van der Waals surface area contributed by atoms with Crippen LogP contribution in [0.1, 0.15) is 112 Å². The van der Waals surface area contributed by atoms with E-state index in [1.54, 1.807) is 24.3 Å². The van der Waals surface area contributed by atoms with E-state index in [9.17, 15) is 25.1 Å². The van der Waals surface area contributed by atoms with Crippen LogP contribution in [0.15, 0.2) is 120 Å². The zero-order chi connectivity index (χ0) is 51.4. The van der Waals surface area contributed by atoms with Crippen LogP contribution in [0.4, 0.5) is 10.5 Å². The molecule has 2 saturated carbocycles. The van der Waals surface area contributed by atoms with Crippen LogP contribution < -0.4 is 24.3 Å². The highest BCUT2D eigenvalue weighted by atomic mass is 16.7. The number of aliphatic hydroxyl groups excluding tert-OH is 2. The SMILES string of the molecule is C=CCOC12Oc3ccc(OC(=O)NCc4ccccc4)cc3C3C(CCCCO)C(CCCCO)C=C(C(=NOCc4ccc([N+](=O)[O-])cc4)CC1N(Cc1ccc4c(c1)OCO4)C(=O)CCC1CCCC1)C32. The topological polar surface area (TPSA) is 201 Å². The van der Waals surface area contributed by atoms with Gasteiger partial charge in [0.25, 0.3) is 5.69 Å². The van der Waals surface area contributed by atoms with E-state index in [1.807, 2.05) is 65.6 Å². The van der Waals surface area contributed by atoms with Crippen molar-refractivity contribution in [1.82, 2.24) is 10.2 Å². The van der Waals surface area contributed by atoms with E-state index >= 15 is 4.79 Å². The first-order valence-corrected chi connectivity index (χ1v) is 26.3. The van der Waals surface area contributed by atoms with E-state index in [-0.39, 0.29) is 82.1 Å². The summed E-state index contributed by atoms with van der Waals surface area (Å²) in [6.45, 7) is 4.82. The van der Waals surface area contributed by atoms with Crippen LogP contribution in [0, 0.1) is 33.8 Å². The lowest BCUT2D eigenvalue weighted by molar-refractivity contribution is -0.384. The van der Waals surface area contributed by atoms with Crippen molar-refractivity contribution in [3.05, 3.63) is 148 Å². The van der Waals surface area contributed by atoms with E-state index in [0.29, 0.717) is 65.9 Å². The average molecular weight is 1010 g/mol. The predicted molar refractivity (Wildman–Crippen MR) is 276 cm³/mol. The van der Waals surface area contributed by atoms with E-state index in [4.69, 9.17) is 33.7 Å². The van der Waals surface area contributed by atoms with E-state index in [2.05, 4.69) is 18.0 Å². The molecule has 0 radical (unpaired) electrons. The number of rotatable bonds is 24. The van der Waals surface area contributed by atoms with Gasteiger partial charge in [0.05, 0.1) is 23.2 Å². The molecule has 3 N–H and O–H groups in total. The number of hydrogen-bond acceptors (Lipinski definition) is 13. The van der Waals surface area contributed by atoms with Crippen LogP contribution in [0.2, 0.25) is 0 Å². The molecule has 0 saturated heterocycles. The Morgan fingerprint density at radius 3 is 2.38 bits per heavy atom. The number of carbonyl (C=O) groups is 2. The summed E-state index contributed by atoms with van der Waals surface area (Å²) in [4.78, 5) is 48.1.